The molecular formula is C29H50O. The summed E-state index contributed by atoms with van der Waals surface area (Å²) in [5, 5.41) is 0. The van der Waals surface area contributed by atoms with Crippen molar-refractivity contribution in [2.45, 2.75) is 124 Å². The third-order valence-corrected chi connectivity index (χ3v) is 10.4. The molecular weight excluding hydrogens is 364 g/mol. The molecule has 0 bridgehead atoms. The number of ether oxygens (including phenoxy) is 1. The second-order valence-corrected chi connectivity index (χ2v) is 12.5. The van der Waals surface area contributed by atoms with Crippen LogP contribution in [0.2, 0.25) is 0 Å². The molecule has 7 unspecified atom stereocenters. The number of allylic oxidation sites excluding steroid dienone is 1. The van der Waals surface area contributed by atoms with Crippen LogP contribution in [0.15, 0.2) is 11.6 Å². The highest BCUT2D eigenvalue weighted by Gasteiger charge is 2.58. The first-order valence-corrected chi connectivity index (χ1v) is 13.7. The van der Waals surface area contributed by atoms with Gasteiger partial charge in [0.1, 0.15) is 0 Å². The maximum atomic E-state index is 6.18. The molecule has 3 saturated carbocycles. The van der Waals surface area contributed by atoms with Gasteiger partial charge in [-0.1, -0.05) is 65.5 Å². The highest BCUT2D eigenvalue weighted by Crippen LogP contribution is 2.66. The molecule has 4 rings (SSSR count). The predicted molar refractivity (Wildman–Crippen MR) is 129 cm³/mol. The fourth-order valence-electron chi connectivity index (χ4n) is 8.58. The highest BCUT2D eigenvalue weighted by atomic mass is 16.5. The van der Waals surface area contributed by atoms with Crippen molar-refractivity contribution in [1.29, 1.82) is 0 Å². The minimum absolute atomic E-state index is 0.478. The number of fused-ring (bicyclic) bond motifs is 5. The summed E-state index contributed by atoms with van der Waals surface area (Å²) in [6.07, 6.45) is 21.5. The van der Waals surface area contributed by atoms with Crippen molar-refractivity contribution in [2.24, 2.45) is 40.4 Å². The van der Waals surface area contributed by atoms with Crippen molar-refractivity contribution in [1.82, 2.24) is 0 Å². The van der Waals surface area contributed by atoms with E-state index in [-0.39, 0.29) is 0 Å². The molecule has 0 amide bonds. The van der Waals surface area contributed by atoms with Gasteiger partial charge in [0, 0.05) is 6.61 Å². The van der Waals surface area contributed by atoms with Gasteiger partial charge in [-0.05, 0) is 105 Å². The molecule has 3 fully saturated rings. The predicted octanol–water partition coefficient (Wildman–Crippen LogP) is 8.58. The Hall–Kier alpha value is -0.300. The Bertz CT molecular complexity index is 605. The van der Waals surface area contributed by atoms with Gasteiger partial charge in [-0.15, -0.1) is 0 Å². The van der Waals surface area contributed by atoms with E-state index in [1.54, 1.807) is 5.57 Å². The molecule has 0 aliphatic heterocycles. The van der Waals surface area contributed by atoms with Crippen LogP contribution in [0.4, 0.5) is 0 Å². The SMILES string of the molecule is CCCOC1CCC2(C)C(=CCC3C2CCC2(C)C(CCCCC(C)C)CCC32)C1. The van der Waals surface area contributed by atoms with Crippen molar-refractivity contribution in [3.8, 4) is 0 Å². The molecule has 1 heteroatoms. The quantitative estimate of drug-likeness (QED) is 0.285. The molecule has 4 aliphatic carbocycles. The van der Waals surface area contributed by atoms with E-state index in [1.165, 1.54) is 77.0 Å². The lowest BCUT2D eigenvalue weighted by Gasteiger charge is -2.58. The summed E-state index contributed by atoms with van der Waals surface area (Å²) in [5.74, 6) is 4.79. The molecule has 30 heavy (non-hydrogen) atoms. The molecule has 0 aromatic rings. The van der Waals surface area contributed by atoms with Crippen LogP contribution in [-0.2, 0) is 4.74 Å². The Morgan fingerprint density at radius 1 is 1.03 bits per heavy atom. The van der Waals surface area contributed by atoms with Crippen LogP contribution >= 0.6 is 0 Å². The summed E-state index contributed by atoms with van der Waals surface area (Å²) in [5.41, 5.74) is 2.90. The van der Waals surface area contributed by atoms with Gasteiger partial charge in [0.2, 0.25) is 0 Å². The van der Waals surface area contributed by atoms with Crippen LogP contribution in [0.25, 0.3) is 0 Å². The fourth-order valence-corrected chi connectivity index (χ4v) is 8.58. The molecule has 0 heterocycles. The van der Waals surface area contributed by atoms with E-state index in [1.807, 2.05) is 0 Å². The molecule has 0 saturated heterocycles. The minimum Gasteiger partial charge on any atom is -0.378 e. The van der Waals surface area contributed by atoms with E-state index in [9.17, 15) is 0 Å². The molecule has 0 N–H and O–H groups in total. The minimum atomic E-state index is 0.478. The number of hydrogen-bond acceptors (Lipinski definition) is 1. The van der Waals surface area contributed by atoms with E-state index in [0.29, 0.717) is 16.9 Å². The van der Waals surface area contributed by atoms with Crippen molar-refractivity contribution in [3.05, 3.63) is 11.6 Å². The summed E-state index contributed by atoms with van der Waals surface area (Å²) >= 11 is 0. The lowest BCUT2D eigenvalue weighted by molar-refractivity contribution is -0.0586. The first-order chi connectivity index (χ1) is 14.4. The van der Waals surface area contributed by atoms with Gasteiger partial charge in [-0.2, -0.15) is 0 Å². The van der Waals surface area contributed by atoms with Crippen LogP contribution in [0.3, 0.4) is 0 Å². The van der Waals surface area contributed by atoms with Gasteiger partial charge >= 0.3 is 0 Å². The summed E-state index contributed by atoms with van der Waals surface area (Å²) in [6.45, 7) is 13.3. The Labute approximate surface area is 187 Å². The van der Waals surface area contributed by atoms with E-state index in [0.717, 1.165) is 42.6 Å². The Balaban J connectivity index is 1.42. The van der Waals surface area contributed by atoms with Gasteiger partial charge in [-0.3, -0.25) is 0 Å². The highest BCUT2D eigenvalue weighted by molar-refractivity contribution is 5.25. The summed E-state index contributed by atoms with van der Waals surface area (Å²) in [4.78, 5) is 0. The third kappa shape index (κ3) is 4.18. The monoisotopic (exact) mass is 414 g/mol. The Morgan fingerprint density at radius 2 is 1.87 bits per heavy atom. The second-order valence-electron chi connectivity index (χ2n) is 12.5. The molecule has 0 radical (unpaired) electrons. The maximum absolute atomic E-state index is 6.18. The van der Waals surface area contributed by atoms with Gasteiger partial charge in [-0.25, -0.2) is 0 Å². The standard InChI is InChI=1S/C29H50O/c1-6-19-30-24-15-17-29(5)23(20-24)11-13-25-26-14-12-22(10-8-7-9-21(2)3)28(26,4)18-16-27(25)29/h11,21-22,24-27H,6-10,12-20H2,1-5H3. The zero-order valence-corrected chi connectivity index (χ0v) is 20.8. The van der Waals surface area contributed by atoms with Gasteiger partial charge < -0.3 is 4.74 Å². The van der Waals surface area contributed by atoms with Crippen molar-refractivity contribution >= 4 is 0 Å². The second kappa shape index (κ2) is 9.29. The topological polar surface area (TPSA) is 9.23 Å². The van der Waals surface area contributed by atoms with Gasteiger partial charge in [0.15, 0.2) is 0 Å². The number of rotatable bonds is 8. The van der Waals surface area contributed by atoms with Gasteiger partial charge in [0.05, 0.1) is 6.10 Å². The summed E-state index contributed by atoms with van der Waals surface area (Å²) < 4.78 is 6.18. The Kier molecular flexibility index (Phi) is 7.08. The molecule has 7 atom stereocenters. The van der Waals surface area contributed by atoms with E-state index >= 15 is 0 Å². The van der Waals surface area contributed by atoms with E-state index < -0.39 is 0 Å². The van der Waals surface area contributed by atoms with Crippen LogP contribution in [0.5, 0.6) is 0 Å². The average Bonchev–Trinajstić information content (AvgIpc) is 3.05. The number of unbranched alkanes of at least 4 members (excludes halogenated alkanes) is 1. The summed E-state index contributed by atoms with van der Waals surface area (Å²) in [7, 11) is 0. The molecule has 0 aromatic carbocycles. The first kappa shape index (κ1) is 22.9. The molecule has 0 spiro atoms. The summed E-state index contributed by atoms with van der Waals surface area (Å²) in [6, 6.07) is 0. The van der Waals surface area contributed by atoms with Crippen LogP contribution in [0, 0.1) is 40.4 Å². The van der Waals surface area contributed by atoms with Crippen LogP contribution in [-0.4, -0.2) is 12.7 Å². The fraction of sp³-hybridized carbons (Fsp3) is 0.931. The zero-order valence-electron chi connectivity index (χ0n) is 20.8. The smallest absolute Gasteiger partial charge is 0.0612 e. The average molecular weight is 415 g/mol. The van der Waals surface area contributed by atoms with Crippen molar-refractivity contribution in [2.75, 3.05) is 6.61 Å². The third-order valence-electron chi connectivity index (χ3n) is 10.4. The van der Waals surface area contributed by atoms with Gasteiger partial charge in [0.25, 0.3) is 0 Å². The maximum Gasteiger partial charge on any atom is 0.0612 e. The normalized spacial score (nSPS) is 43.1. The zero-order chi connectivity index (χ0) is 21.4. The largest absolute Gasteiger partial charge is 0.378 e. The Morgan fingerprint density at radius 3 is 2.63 bits per heavy atom. The number of hydrogen-bond donors (Lipinski definition) is 0. The van der Waals surface area contributed by atoms with E-state index in [4.69, 9.17) is 4.74 Å². The van der Waals surface area contributed by atoms with Crippen LogP contribution in [0.1, 0.15) is 118 Å². The van der Waals surface area contributed by atoms with Crippen LogP contribution < -0.4 is 0 Å². The molecule has 1 nitrogen and oxygen atoms in total. The lowest BCUT2D eigenvalue weighted by Crippen LogP contribution is -2.50. The van der Waals surface area contributed by atoms with Crippen molar-refractivity contribution < 1.29 is 4.74 Å². The molecule has 172 valence electrons. The molecule has 4 aliphatic rings. The van der Waals surface area contributed by atoms with E-state index in [2.05, 4.69) is 40.7 Å². The first-order valence-electron chi connectivity index (χ1n) is 13.7. The molecule has 0 aromatic heterocycles. The van der Waals surface area contributed by atoms with Crippen molar-refractivity contribution in [3.63, 3.8) is 0 Å². The lowest BCUT2D eigenvalue weighted by atomic mass is 9.47.